The topological polar surface area (TPSA) is 80.1 Å². The zero-order valence-electron chi connectivity index (χ0n) is 12.1. The Morgan fingerprint density at radius 3 is 2.65 bits per heavy atom. The van der Waals surface area contributed by atoms with E-state index in [4.69, 9.17) is 0 Å². The molecule has 20 heavy (non-hydrogen) atoms. The molecular formula is C14H22N4O2. The van der Waals surface area contributed by atoms with Gasteiger partial charge in [0, 0.05) is 12.6 Å². The molecule has 1 unspecified atom stereocenters. The summed E-state index contributed by atoms with van der Waals surface area (Å²) in [7, 11) is 0. The van der Waals surface area contributed by atoms with Crippen molar-refractivity contribution < 1.29 is 4.92 Å². The summed E-state index contributed by atoms with van der Waals surface area (Å²) >= 11 is 0. The maximum atomic E-state index is 11.0. The van der Waals surface area contributed by atoms with Crippen molar-refractivity contribution in [3.8, 4) is 0 Å². The molecule has 0 radical (unpaired) electrons. The van der Waals surface area contributed by atoms with Crippen molar-refractivity contribution in [1.29, 1.82) is 0 Å². The predicted octanol–water partition coefficient (Wildman–Crippen LogP) is 3.41. The highest BCUT2D eigenvalue weighted by atomic mass is 16.6. The third-order valence-corrected chi connectivity index (χ3v) is 3.86. The summed E-state index contributed by atoms with van der Waals surface area (Å²) in [5.41, 5.74) is 0.0667. The van der Waals surface area contributed by atoms with Crippen molar-refractivity contribution in [2.45, 2.75) is 45.6 Å². The van der Waals surface area contributed by atoms with Gasteiger partial charge in [-0.1, -0.05) is 12.8 Å². The van der Waals surface area contributed by atoms with Gasteiger partial charge in [-0.15, -0.1) is 0 Å². The number of rotatable bonds is 6. The van der Waals surface area contributed by atoms with Crippen LogP contribution < -0.4 is 10.6 Å². The highest BCUT2D eigenvalue weighted by Gasteiger charge is 2.22. The van der Waals surface area contributed by atoms with E-state index in [1.165, 1.54) is 37.8 Å². The monoisotopic (exact) mass is 278 g/mol. The first kappa shape index (κ1) is 14.6. The summed E-state index contributed by atoms with van der Waals surface area (Å²) < 4.78 is 0. The molecule has 1 heterocycles. The third kappa shape index (κ3) is 3.59. The van der Waals surface area contributed by atoms with E-state index in [1.807, 2.05) is 6.92 Å². The second-order valence-corrected chi connectivity index (χ2v) is 5.36. The zero-order valence-corrected chi connectivity index (χ0v) is 12.1. The normalized spacial score (nSPS) is 16.9. The molecule has 0 aromatic carbocycles. The van der Waals surface area contributed by atoms with E-state index in [-0.39, 0.29) is 10.6 Å². The van der Waals surface area contributed by atoms with Gasteiger partial charge in [0.2, 0.25) is 0 Å². The SMILES string of the molecule is CCNc1cc([N+](=O)[O-])cc(NC(C)C2CCCC2)n1. The molecule has 0 spiro atoms. The van der Waals surface area contributed by atoms with E-state index in [0.29, 0.717) is 30.1 Å². The Hall–Kier alpha value is -1.85. The summed E-state index contributed by atoms with van der Waals surface area (Å²) in [6, 6.07) is 3.27. The van der Waals surface area contributed by atoms with E-state index in [0.717, 1.165) is 0 Å². The van der Waals surface area contributed by atoms with Gasteiger partial charge in [-0.3, -0.25) is 10.1 Å². The minimum Gasteiger partial charge on any atom is -0.370 e. The number of pyridine rings is 1. The lowest BCUT2D eigenvalue weighted by atomic mass is 10.00. The molecule has 1 aliphatic rings. The molecule has 2 rings (SSSR count). The first-order valence-electron chi connectivity index (χ1n) is 7.27. The molecule has 1 atom stereocenters. The van der Waals surface area contributed by atoms with Crippen molar-refractivity contribution in [3.63, 3.8) is 0 Å². The van der Waals surface area contributed by atoms with Gasteiger partial charge in [0.05, 0.1) is 17.1 Å². The molecule has 0 bridgehead atoms. The molecular weight excluding hydrogens is 256 g/mol. The lowest BCUT2D eigenvalue weighted by Crippen LogP contribution is -2.24. The van der Waals surface area contributed by atoms with E-state index in [1.54, 1.807) is 0 Å². The Morgan fingerprint density at radius 2 is 2.05 bits per heavy atom. The van der Waals surface area contributed by atoms with Crippen molar-refractivity contribution in [2.75, 3.05) is 17.2 Å². The number of aromatic nitrogens is 1. The molecule has 6 nitrogen and oxygen atoms in total. The largest absolute Gasteiger partial charge is 0.370 e. The average molecular weight is 278 g/mol. The second-order valence-electron chi connectivity index (χ2n) is 5.36. The van der Waals surface area contributed by atoms with Crippen molar-refractivity contribution in [2.24, 2.45) is 5.92 Å². The third-order valence-electron chi connectivity index (χ3n) is 3.86. The zero-order chi connectivity index (χ0) is 14.5. The molecule has 1 aromatic heterocycles. The lowest BCUT2D eigenvalue weighted by Gasteiger charge is -2.21. The van der Waals surface area contributed by atoms with Crippen LogP contribution in [0.15, 0.2) is 12.1 Å². The minimum atomic E-state index is -0.381. The van der Waals surface area contributed by atoms with Crippen LogP contribution in [0.3, 0.4) is 0 Å². The van der Waals surface area contributed by atoms with Gasteiger partial charge in [-0.25, -0.2) is 4.98 Å². The molecule has 0 saturated heterocycles. The summed E-state index contributed by atoms with van der Waals surface area (Å²) in [5, 5.41) is 17.3. The summed E-state index contributed by atoms with van der Waals surface area (Å²) in [4.78, 5) is 15.0. The lowest BCUT2D eigenvalue weighted by molar-refractivity contribution is -0.384. The van der Waals surface area contributed by atoms with Crippen LogP contribution >= 0.6 is 0 Å². The Kier molecular flexibility index (Phi) is 4.76. The molecule has 2 N–H and O–H groups in total. The molecule has 1 aromatic rings. The molecule has 6 heteroatoms. The Labute approximate surface area is 119 Å². The minimum absolute atomic E-state index is 0.0667. The van der Waals surface area contributed by atoms with E-state index >= 15 is 0 Å². The molecule has 0 amide bonds. The highest BCUT2D eigenvalue weighted by molar-refractivity contribution is 5.55. The van der Waals surface area contributed by atoms with Crippen LogP contribution in [0, 0.1) is 16.0 Å². The van der Waals surface area contributed by atoms with Gasteiger partial charge < -0.3 is 10.6 Å². The fraction of sp³-hybridized carbons (Fsp3) is 0.643. The molecule has 1 fully saturated rings. The van der Waals surface area contributed by atoms with Crippen LogP contribution in [0.1, 0.15) is 39.5 Å². The van der Waals surface area contributed by atoms with Crippen LogP contribution in [0.4, 0.5) is 17.3 Å². The van der Waals surface area contributed by atoms with E-state index in [2.05, 4.69) is 22.5 Å². The number of hydrogen-bond acceptors (Lipinski definition) is 5. The summed E-state index contributed by atoms with van der Waals surface area (Å²) in [6.07, 6.45) is 5.01. The van der Waals surface area contributed by atoms with Crippen LogP contribution in [0.2, 0.25) is 0 Å². The van der Waals surface area contributed by atoms with Crippen LogP contribution in [0.5, 0.6) is 0 Å². The van der Waals surface area contributed by atoms with Gasteiger partial charge >= 0.3 is 0 Å². The first-order chi connectivity index (χ1) is 9.60. The van der Waals surface area contributed by atoms with Crippen molar-refractivity contribution in [3.05, 3.63) is 22.2 Å². The maximum absolute atomic E-state index is 11.0. The molecule has 0 aliphatic heterocycles. The van der Waals surface area contributed by atoms with Crippen molar-refractivity contribution in [1.82, 2.24) is 4.98 Å². The van der Waals surface area contributed by atoms with Gasteiger partial charge in [0.15, 0.2) is 0 Å². The van der Waals surface area contributed by atoms with Gasteiger partial charge in [0.25, 0.3) is 5.69 Å². The number of anilines is 2. The van der Waals surface area contributed by atoms with E-state index in [9.17, 15) is 10.1 Å². The maximum Gasteiger partial charge on any atom is 0.276 e. The summed E-state index contributed by atoms with van der Waals surface area (Å²) in [5.74, 6) is 1.76. The van der Waals surface area contributed by atoms with Gasteiger partial charge in [-0.2, -0.15) is 0 Å². The standard InChI is InChI=1S/C14H22N4O2/c1-3-15-13-8-12(18(19)20)9-14(17-13)16-10(2)11-6-4-5-7-11/h8-11H,3-7H2,1-2H3,(H2,15,16,17). The average Bonchev–Trinajstić information content (AvgIpc) is 2.92. The highest BCUT2D eigenvalue weighted by Crippen LogP contribution is 2.30. The van der Waals surface area contributed by atoms with Crippen LogP contribution in [-0.4, -0.2) is 22.5 Å². The van der Waals surface area contributed by atoms with E-state index < -0.39 is 0 Å². The van der Waals surface area contributed by atoms with Crippen LogP contribution in [-0.2, 0) is 0 Å². The Morgan fingerprint density at radius 1 is 1.40 bits per heavy atom. The molecule has 1 aliphatic carbocycles. The fourth-order valence-electron chi connectivity index (χ4n) is 2.78. The Bertz CT molecular complexity index is 472. The number of nitrogens with one attached hydrogen (secondary N) is 2. The number of hydrogen-bond donors (Lipinski definition) is 2. The second kappa shape index (κ2) is 6.54. The van der Waals surface area contributed by atoms with Gasteiger partial charge in [0.1, 0.15) is 11.6 Å². The van der Waals surface area contributed by atoms with Crippen LogP contribution in [0.25, 0.3) is 0 Å². The predicted molar refractivity (Wildman–Crippen MR) is 80.1 cm³/mol. The molecule has 1 saturated carbocycles. The first-order valence-corrected chi connectivity index (χ1v) is 7.27. The fourth-order valence-corrected chi connectivity index (χ4v) is 2.78. The molecule has 110 valence electrons. The number of nitro groups is 1. The quantitative estimate of drug-likeness (QED) is 0.615. The van der Waals surface area contributed by atoms with Crippen molar-refractivity contribution >= 4 is 17.3 Å². The summed E-state index contributed by atoms with van der Waals surface area (Å²) in [6.45, 7) is 4.75. The van der Waals surface area contributed by atoms with Gasteiger partial charge in [-0.05, 0) is 32.6 Å². The number of nitrogens with zero attached hydrogens (tertiary/aromatic N) is 2. The smallest absolute Gasteiger partial charge is 0.276 e. The Balaban J connectivity index is 2.14.